The Morgan fingerprint density at radius 2 is 2.06 bits per heavy atom. The van der Waals surface area contributed by atoms with Crippen LogP contribution in [0.5, 0.6) is 0 Å². The van der Waals surface area contributed by atoms with Gasteiger partial charge in [-0.1, -0.05) is 46.5 Å². The molecule has 0 aromatic carbocycles. The van der Waals surface area contributed by atoms with Crippen molar-refractivity contribution < 1.29 is 4.39 Å². The Morgan fingerprint density at radius 1 is 1.39 bits per heavy atom. The zero-order valence-electron chi connectivity index (χ0n) is 11.5. The summed E-state index contributed by atoms with van der Waals surface area (Å²) in [6.45, 7) is 7.38. The fourth-order valence-electron chi connectivity index (χ4n) is 1.98. The molecule has 2 rings (SSSR count). The smallest absolute Gasteiger partial charge is 0.258 e. The van der Waals surface area contributed by atoms with E-state index in [1.807, 2.05) is 0 Å². The Kier molecular flexibility index (Phi) is 6.39. The van der Waals surface area contributed by atoms with E-state index in [2.05, 4.69) is 36.3 Å². The molecule has 0 aliphatic carbocycles. The summed E-state index contributed by atoms with van der Waals surface area (Å²) in [6, 6.07) is 0. The molecule has 102 valence electrons. The van der Waals surface area contributed by atoms with Gasteiger partial charge < -0.3 is 4.90 Å². The normalized spacial score (nSPS) is 16.6. The van der Waals surface area contributed by atoms with E-state index in [-0.39, 0.29) is 5.84 Å². The number of aliphatic imine (C=N–C) groups is 1. The Hall–Kier alpha value is -1.39. The highest BCUT2D eigenvalue weighted by Crippen LogP contribution is 2.10. The number of rotatable bonds is 4. The van der Waals surface area contributed by atoms with Crippen LogP contribution in [0.25, 0.3) is 0 Å². The van der Waals surface area contributed by atoms with E-state index in [0.717, 1.165) is 5.92 Å². The summed E-state index contributed by atoms with van der Waals surface area (Å²) >= 11 is 0. The van der Waals surface area contributed by atoms with Crippen LogP contribution in [0.15, 0.2) is 22.5 Å². The number of fused-ring (bicyclic) bond motifs is 1. The van der Waals surface area contributed by atoms with Crippen molar-refractivity contribution in [2.24, 2.45) is 16.0 Å². The molecule has 0 spiro atoms. The van der Waals surface area contributed by atoms with Crippen LogP contribution in [-0.4, -0.2) is 23.4 Å². The molecule has 0 unspecified atom stereocenters. The molecule has 0 amide bonds. The highest BCUT2D eigenvalue weighted by atomic mass is 19.1. The Balaban J connectivity index is 0.000000187. The second-order valence-corrected chi connectivity index (χ2v) is 4.62. The lowest BCUT2D eigenvalue weighted by Crippen LogP contribution is -2.29. The summed E-state index contributed by atoms with van der Waals surface area (Å²) in [4.78, 5) is 5.07. The zero-order valence-corrected chi connectivity index (χ0v) is 11.5. The van der Waals surface area contributed by atoms with Gasteiger partial charge in [0.2, 0.25) is 5.84 Å². The summed E-state index contributed by atoms with van der Waals surface area (Å²) in [5.74, 6) is 0.694. The van der Waals surface area contributed by atoms with Crippen LogP contribution in [0.2, 0.25) is 0 Å². The Bertz CT molecular complexity index is 330. The fraction of sp³-hybridized carbons (Fsp3) is 0.692. The van der Waals surface area contributed by atoms with Crippen LogP contribution in [0.4, 0.5) is 4.39 Å². The van der Waals surface area contributed by atoms with Crippen molar-refractivity contribution in [3.05, 3.63) is 12.4 Å². The largest absolute Gasteiger partial charge is 0.307 e. The Morgan fingerprint density at radius 3 is 2.61 bits per heavy atom. The van der Waals surface area contributed by atoms with Crippen molar-refractivity contribution in [1.82, 2.24) is 10.3 Å². The Labute approximate surface area is 109 Å². The van der Waals surface area contributed by atoms with Crippen molar-refractivity contribution in [2.75, 3.05) is 6.67 Å². The second kappa shape index (κ2) is 7.84. The first-order valence-corrected chi connectivity index (χ1v) is 6.66. The molecular weight excluding hydrogens is 231 g/mol. The predicted molar refractivity (Wildman–Crippen MR) is 73.9 cm³/mol. The number of nitrogens with zero attached hydrogens (tertiary/aromatic N) is 3. The molecule has 0 fully saturated rings. The second-order valence-electron chi connectivity index (χ2n) is 4.62. The topological polar surface area (TPSA) is 40.0 Å². The van der Waals surface area contributed by atoms with Crippen LogP contribution in [0.1, 0.15) is 46.5 Å². The maximum Gasteiger partial charge on any atom is 0.258 e. The maximum atomic E-state index is 12.6. The van der Waals surface area contributed by atoms with Crippen LogP contribution in [0.3, 0.4) is 0 Å². The summed E-state index contributed by atoms with van der Waals surface area (Å²) in [7, 11) is 0. The van der Waals surface area contributed by atoms with Gasteiger partial charge in [0, 0.05) is 12.4 Å². The number of hydrazone groups is 1. The number of nitrogens with one attached hydrogen (secondary N) is 1. The van der Waals surface area contributed by atoms with E-state index < -0.39 is 5.97 Å². The molecule has 5 heteroatoms. The van der Waals surface area contributed by atoms with Crippen molar-refractivity contribution in [2.45, 2.75) is 46.5 Å². The highest BCUT2D eigenvalue weighted by Gasteiger charge is 2.21. The minimum atomic E-state index is -0.535. The number of hydrogen-bond acceptors (Lipinski definition) is 4. The lowest BCUT2D eigenvalue weighted by Gasteiger charge is -2.13. The lowest BCUT2D eigenvalue weighted by atomic mass is 10.0. The lowest BCUT2D eigenvalue weighted by molar-refractivity contribution is 0.480. The molecule has 0 saturated heterocycles. The van der Waals surface area contributed by atoms with Crippen molar-refractivity contribution in [3.63, 3.8) is 0 Å². The predicted octanol–water partition coefficient (Wildman–Crippen LogP) is 3.24. The minimum absolute atomic E-state index is 0.266. The summed E-state index contributed by atoms with van der Waals surface area (Å²) in [5.41, 5.74) is 2.64. The molecule has 0 saturated carbocycles. The van der Waals surface area contributed by atoms with E-state index in [1.54, 1.807) is 11.1 Å². The molecule has 0 radical (unpaired) electrons. The van der Waals surface area contributed by atoms with Gasteiger partial charge in [-0.15, -0.1) is 0 Å². The van der Waals surface area contributed by atoms with Gasteiger partial charge in [-0.25, -0.2) is 4.99 Å². The number of halogens is 1. The van der Waals surface area contributed by atoms with Gasteiger partial charge in [-0.3, -0.25) is 5.43 Å². The standard InChI is InChI=1S/C8H18.C5H5FN4/c1-4-6-8(3)7-5-2;6-4-5-9-8-3-10(5)2-1-7-4/h8H,4-7H2,1-3H3;1-2,8H,3H2. The van der Waals surface area contributed by atoms with Crippen LogP contribution < -0.4 is 5.43 Å². The first-order valence-electron chi connectivity index (χ1n) is 6.66. The van der Waals surface area contributed by atoms with Gasteiger partial charge >= 0.3 is 0 Å². The fourth-order valence-corrected chi connectivity index (χ4v) is 1.98. The SMILES string of the molecule is CCCC(C)CCC.FC1=NC=CN2CNN=C12. The van der Waals surface area contributed by atoms with Gasteiger partial charge in [0.15, 0.2) is 0 Å². The molecule has 2 aliphatic heterocycles. The zero-order chi connectivity index (χ0) is 13.4. The highest BCUT2D eigenvalue weighted by molar-refractivity contribution is 6.38. The third-order valence-corrected chi connectivity index (χ3v) is 2.88. The van der Waals surface area contributed by atoms with Gasteiger partial charge in [0.05, 0.1) is 0 Å². The molecule has 0 aromatic rings. The molecule has 0 bridgehead atoms. The summed E-state index contributed by atoms with van der Waals surface area (Å²) in [6.07, 6.45) is 8.59. The van der Waals surface area contributed by atoms with E-state index >= 15 is 0 Å². The van der Waals surface area contributed by atoms with Crippen molar-refractivity contribution >= 4 is 11.8 Å². The van der Waals surface area contributed by atoms with Crippen molar-refractivity contribution in [3.8, 4) is 0 Å². The van der Waals surface area contributed by atoms with Gasteiger partial charge in [0.25, 0.3) is 5.97 Å². The summed E-state index contributed by atoms with van der Waals surface area (Å²) in [5, 5.41) is 3.67. The minimum Gasteiger partial charge on any atom is -0.307 e. The molecule has 2 aliphatic rings. The molecule has 1 N–H and O–H groups in total. The molecule has 2 heterocycles. The van der Waals surface area contributed by atoms with E-state index in [0.29, 0.717) is 6.67 Å². The van der Waals surface area contributed by atoms with Gasteiger partial charge in [-0.2, -0.15) is 9.49 Å². The van der Waals surface area contributed by atoms with Gasteiger partial charge in [-0.05, 0) is 5.92 Å². The first-order chi connectivity index (χ1) is 8.69. The molecular formula is C13H23FN4. The van der Waals surface area contributed by atoms with Gasteiger partial charge in [0.1, 0.15) is 6.67 Å². The first kappa shape index (κ1) is 14.7. The molecule has 4 nitrogen and oxygen atoms in total. The number of amidine groups is 1. The number of hydrogen-bond donors (Lipinski definition) is 1. The maximum absolute atomic E-state index is 12.6. The van der Waals surface area contributed by atoms with Crippen LogP contribution >= 0.6 is 0 Å². The third-order valence-electron chi connectivity index (χ3n) is 2.88. The molecule has 0 atom stereocenters. The molecule has 0 aromatic heterocycles. The van der Waals surface area contributed by atoms with E-state index in [4.69, 9.17) is 0 Å². The van der Waals surface area contributed by atoms with Crippen LogP contribution in [-0.2, 0) is 0 Å². The van der Waals surface area contributed by atoms with E-state index in [9.17, 15) is 4.39 Å². The average Bonchev–Trinajstić information content (AvgIpc) is 2.80. The average molecular weight is 254 g/mol. The quantitative estimate of drug-likeness (QED) is 0.836. The van der Waals surface area contributed by atoms with Crippen LogP contribution in [0, 0.1) is 5.92 Å². The van der Waals surface area contributed by atoms with Crippen molar-refractivity contribution in [1.29, 1.82) is 0 Å². The molecule has 18 heavy (non-hydrogen) atoms. The summed E-state index contributed by atoms with van der Waals surface area (Å²) < 4.78 is 12.6. The third kappa shape index (κ3) is 4.47. The van der Waals surface area contributed by atoms with E-state index in [1.165, 1.54) is 31.9 Å². The monoisotopic (exact) mass is 254 g/mol.